The van der Waals surface area contributed by atoms with Crippen molar-refractivity contribution >= 4 is 29.5 Å². The van der Waals surface area contributed by atoms with Gasteiger partial charge >= 0.3 is 5.97 Å². The summed E-state index contributed by atoms with van der Waals surface area (Å²) in [5.74, 6) is -0.382. The zero-order valence-electron chi connectivity index (χ0n) is 12.5. The van der Waals surface area contributed by atoms with Gasteiger partial charge in [-0.15, -0.1) is 23.5 Å². The molecule has 2 aromatic carbocycles. The van der Waals surface area contributed by atoms with E-state index in [1.54, 1.807) is 23.5 Å². The van der Waals surface area contributed by atoms with Crippen LogP contribution in [0.1, 0.15) is 10.1 Å². The maximum Gasteiger partial charge on any atom is 0.330 e. The SMILES string of the molecule is C=CC(=O)OCC1=CSC(c2ccc(-c3ccccc3)cc2)S1. The number of benzene rings is 2. The number of thioether (sulfide) groups is 2. The lowest BCUT2D eigenvalue weighted by molar-refractivity contribution is -0.136. The number of hydrogen-bond donors (Lipinski definition) is 0. The fourth-order valence-corrected chi connectivity index (χ4v) is 4.71. The van der Waals surface area contributed by atoms with E-state index in [2.05, 4.69) is 48.4 Å². The molecule has 1 atom stereocenters. The van der Waals surface area contributed by atoms with Gasteiger partial charge in [-0.1, -0.05) is 61.2 Å². The lowest BCUT2D eigenvalue weighted by Gasteiger charge is -2.11. The Bertz CT molecular complexity index is 721. The van der Waals surface area contributed by atoms with Crippen molar-refractivity contribution in [3.05, 3.63) is 83.1 Å². The maximum absolute atomic E-state index is 11.1. The van der Waals surface area contributed by atoms with Gasteiger partial charge in [0.2, 0.25) is 0 Å². The molecular formula is C19H16O2S2. The van der Waals surface area contributed by atoms with E-state index in [0.29, 0.717) is 11.2 Å². The average Bonchev–Trinajstić information content (AvgIpc) is 3.09. The highest BCUT2D eigenvalue weighted by Gasteiger charge is 2.21. The van der Waals surface area contributed by atoms with E-state index in [9.17, 15) is 4.79 Å². The van der Waals surface area contributed by atoms with Gasteiger partial charge in [0.1, 0.15) is 6.61 Å². The van der Waals surface area contributed by atoms with Crippen molar-refractivity contribution in [3.63, 3.8) is 0 Å². The van der Waals surface area contributed by atoms with E-state index >= 15 is 0 Å². The summed E-state index contributed by atoms with van der Waals surface area (Å²) in [4.78, 5) is 12.2. The molecule has 1 heterocycles. The van der Waals surface area contributed by atoms with Crippen LogP contribution in [0.5, 0.6) is 0 Å². The molecule has 0 spiro atoms. The summed E-state index contributed by atoms with van der Waals surface area (Å²) < 4.78 is 5.39. The molecule has 23 heavy (non-hydrogen) atoms. The Morgan fingerprint density at radius 1 is 1.09 bits per heavy atom. The predicted octanol–water partition coefficient (Wildman–Crippen LogP) is 5.40. The summed E-state index contributed by atoms with van der Waals surface area (Å²) in [6, 6.07) is 19.0. The van der Waals surface area contributed by atoms with Gasteiger partial charge in [-0.3, -0.25) is 0 Å². The highest BCUT2D eigenvalue weighted by molar-refractivity contribution is 8.22. The second-order valence-corrected chi connectivity index (χ2v) is 7.48. The minimum absolute atomic E-state index is 0.317. The monoisotopic (exact) mass is 340 g/mol. The highest BCUT2D eigenvalue weighted by Crippen LogP contribution is 2.50. The Morgan fingerprint density at radius 2 is 1.78 bits per heavy atom. The van der Waals surface area contributed by atoms with E-state index in [0.717, 1.165) is 4.91 Å². The molecule has 0 saturated carbocycles. The molecule has 0 aromatic heterocycles. The van der Waals surface area contributed by atoms with Crippen molar-refractivity contribution < 1.29 is 9.53 Å². The largest absolute Gasteiger partial charge is 0.457 e. The van der Waals surface area contributed by atoms with Crippen LogP contribution >= 0.6 is 23.5 Å². The Kier molecular flexibility index (Phi) is 5.26. The molecule has 0 aliphatic carbocycles. The van der Waals surface area contributed by atoms with Crippen LogP contribution in [-0.4, -0.2) is 12.6 Å². The molecule has 0 amide bonds. The Labute approximate surface area is 144 Å². The van der Waals surface area contributed by atoms with Crippen molar-refractivity contribution in [1.29, 1.82) is 0 Å². The van der Waals surface area contributed by atoms with Crippen LogP contribution in [0.25, 0.3) is 11.1 Å². The molecule has 0 N–H and O–H groups in total. The van der Waals surface area contributed by atoms with E-state index in [1.807, 2.05) is 18.2 Å². The summed E-state index contributed by atoms with van der Waals surface area (Å²) in [5.41, 5.74) is 3.71. The third kappa shape index (κ3) is 4.09. The number of rotatable bonds is 5. The van der Waals surface area contributed by atoms with Gasteiger partial charge < -0.3 is 4.74 Å². The topological polar surface area (TPSA) is 26.3 Å². The zero-order valence-corrected chi connectivity index (χ0v) is 14.1. The molecule has 116 valence electrons. The molecule has 4 heteroatoms. The molecule has 1 unspecified atom stereocenters. The molecule has 2 nitrogen and oxygen atoms in total. The number of carbonyl (C=O) groups is 1. The summed E-state index contributed by atoms with van der Waals surface area (Å²) in [5, 5.41) is 2.07. The van der Waals surface area contributed by atoms with Gasteiger partial charge in [0.15, 0.2) is 0 Å². The van der Waals surface area contributed by atoms with Crippen LogP contribution in [0.2, 0.25) is 0 Å². The minimum Gasteiger partial charge on any atom is -0.457 e. The van der Waals surface area contributed by atoms with Crippen LogP contribution in [0, 0.1) is 0 Å². The Morgan fingerprint density at radius 3 is 2.48 bits per heavy atom. The second kappa shape index (κ2) is 7.57. The molecule has 0 saturated heterocycles. The molecule has 0 fully saturated rings. The maximum atomic E-state index is 11.1. The fourth-order valence-electron chi connectivity index (χ4n) is 2.21. The van der Waals surface area contributed by atoms with Crippen molar-refractivity contribution in [1.82, 2.24) is 0 Å². The van der Waals surface area contributed by atoms with Crippen molar-refractivity contribution in [2.75, 3.05) is 6.61 Å². The zero-order chi connectivity index (χ0) is 16.1. The van der Waals surface area contributed by atoms with Crippen molar-refractivity contribution in [2.45, 2.75) is 4.58 Å². The molecule has 1 aliphatic rings. The van der Waals surface area contributed by atoms with Crippen LogP contribution in [0.4, 0.5) is 0 Å². The van der Waals surface area contributed by atoms with Crippen molar-refractivity contribution in [2.24, 2.45) is 0 Å². The minimum atomic E-state index is -0.382. The van der Waals surface area contributed by atoms with Gasteiger partial charge in [0.05, 0.1) is 4.58 Å². The molecule has 2 aromatic rings. The second-order valence-electron chi connectivity index (χ2n) is 4.97. The number of esters is 1. The first-order chi connectivity index (χ1) is 11.3. The third-order valence-corrected chi connectivity index (χ3v) is 6.13. The van der Waals surface area contributed by atoms with Crippen LogP contribution in [-0.2, 0) is 9.53 Å². The normalized spacial score (nSPS) is 16.7. The van der Waals surface area contributed by atoms with Gasteiger partial charge in [0.25, 0.3) is 0 Å². The summed E-state index contributed by atoms with van der Waals surface area (Å²) in [6.45, 7) is 3.72. The summed E-state index contributed by atoms with van der Waals surface area (Å²) >= 11 is 3.48. The van der Waals surface area contributed by atoms with Gasteiger partial charge in [-0.2, -0.15) is 0 Å². The first-order valence-corrected chi connectivity index (χ1v) is 9.04. The fraction of sp³-hybridized carbons (Fsp3) is 0.105. The lowest BCUT2D eigenvalue weighted by Crippen LogP contribution is -2.02. The average molecular weight is 340 g/mol. The van der Waals surface area contributed by atoms with Crippen LogP contribution in [0.15, 0.2) is 77.6 Å². The molecule has 1 aliphatic heterocycles. The Balaban J connectivity index is 1.61. The highest BCUT2D eigenvalue weighted by atomic mass is 32.2. The molecule has 0 bridgehead atoms. The smallest absolute Gasteiger partial charge is 0.330 e. The third-order valence-electron chi connectivity index (χ3n) is 3.39. The standard InChI is InChI=1S/C19H16O2S2/c1-2-18(20)21-12-17-13-22-19(23-17)16-10-8-15(9-11-16)14-6-4-3-5-7-14/h2-11,13,19H,1,12H2. The quantitative estimate of drug-likeness (QED) is 0.537. The predicted molar refractivity (Wildman–Crippen MR) is 99.0 cm³/mol. The van der Waals surface area contributed by atoms with Crippen LogP contribution in [0.3, 0.4) is 0 Å². The van der Waals surface area contributed by atoms with Gasteiger partial charge in [0, 0.05) is 11.0 Å². The van der Waals surface area contributed by atoms with Crippen molar-refractivity contribution in [3.8, 4) is 11.1 Å². The Hall–Kier alpha value is -1.91. The first kappa shape index (κ1) is 16.0. The number of hydrogen-bond acceptors (Lipinski definition) is 4. The van der Waals surface area contributed by atoms with Gasteiger partial charge in [-0.25, -0.2) is 4.79 Å². The van der Waals surface area contributed by atoms with Crippen LogP contribution < -0.4 is 0 Å². The van der Waals surface area contributed by atoms with E-state index in [4.69, 9.17) is 4.74 Å². The number of ether oxygens (including phenoxy) is 1. The molecule has 0 radical (unpaired) electrons. The van der Waals surface area contributed by atoms with E-state index < -0.39 is 0 Å². The lowest BCUT2D eigenvalue weighted by atomic mass is 10.0. The molecule has 3 rings (SSSR count). The molecular weight excluding hydrogens is 324 g/mol. The first-order valence-electron chi connectivity index (χ1n) is 7.22. The van der Waals surface area contributed by atoms with Gasteiger partial charge in [-0.05, 0) is 22.1 Å². The summed E-state index contributed by atoms with van der Waals surface area (Å²) in [7, 11) is 0. The van der Waals surface area contributed by atoms with E-state index in [-0.39, 0.29) is 5.97 Å². The summed E-state index contributed by atoms with van der Waals surface area (Å²) in [6.07, 6.45) is 1.19. The number of carbonyl (C=O) groups excluding carboxylic acids is 1. The van der Waals surface area contributed by atoms with E-state index in [1.165, 1.54) is 22.8 Å².